The van der Waals surface area contributed by atoms with Crippen molar-refractivity contribution in [2.24, 2.45) is 0 Å². The number of nitrogens with zero attached hydrogens (tertiary/aromatic N) is 3. The van der Waals surface area contributed by atoms with E-state index in [-0.39, 0.29) is 17.9 Å². The van der Waals surface area contributed by atoms with E-state index in [1.54, 1.807) is 11.8 Å². The molecule has 3 heterocycles. The Morgan fingerprint density at radius 3 is 2.20 bits per heavy atom. The zero-order valence-electron chi connectivity index (χ0n) is 26.7. The highest BCUT2D eigenvalue weighted by atomic mass is 32.2. The van der Waals surface area contributed by atoms with Gasteiger partial charge in [0, 0.05) is 60.3 Å². The van der Waals surface area contributed by atoms with Gasteiger partial charge < -0.3 is 15.1 Å². The topological polar surface area (TPSA) is 55.9 Å². The predicted octanol–water partition coefficient (Wildman–Crippen LogP) is 6.89. The molecule has 3 aliphatic rings. The van der Waals surface area contributed by atoms with Gasteiger partial charge in [-0.05, 0) is 79.8 Å². The van der Waals surface area contributed by atoms with E-state index in [2.05, 4.69) is 101 Å². The third-order valence-corrected chi connectivity index (χ3v) is 11.2. The summed E-state index contributed by atoms with van der Waals surface area (Å²) in [6, 6.07) is 33.6. The SMILES string of the molecule is CCNC(=O)C1(CCCN2CCN(c3ccc4c(c3)C(=O)N(C(C)c3ccccc3)C4)CC2)c2ccccc2Sc2ccccc21. The first kappa shape index (κ1) is 30.6. The smallest absolute Gasteiger partial charge is 0.255 e. The zero-order chi connectivity index (χ0) is 31.7. The minimum absolute atomic E-state index is 0.0367. The number of piperazine rings is 1. The first-order chi connectivity index (χ1) is 22.5. The van der Waals surface area contributed by atoms with E-state index < -0.39 is 5.41 Å². The molecule has 0 radical (unpaired) electrons. The van der Waals surface area contributed by atoms with E-state index in [0.29, 0.717) is 13.1 Å². The molecule has 0 saturated carbocycles. The molecular weight excluding hydrogens is 589 g/mol. The third kappa shape index (κ3) is 5.50. The van der Waals surface area contributed by atoms with E-state index >= 15 is 0 Å². The van der Waals surface area contributed by atoms with E-state index in [9.17, 15) is 9.59 Å². The van der Waals surface area contributed by atoms with Crippen molar-refractivity contribution in [3.05, 3.63) is 125 Å². The number of benzene rings is 4. The molecule has 1 unspecified atom stereocenters. The Bertz CT molecular complexity index is 1690. The zero-order valence-corrected chi connectivity index (χ0v) is 27.6. The number of nitrogens with one attached hydrogen (secondary N) is 1. The van der Waals surface area contributed by atoms with Crippen molar-refractivity contribution < 1.29 is 9.59 Å². The second-order valence-corrected chi connectivity index (χ2v) is 13.7. The highest BCUT2D eigenvalue weighted by molar-refractivity contribution is 7.99. The van der Waals surface area contributed by atoms with Crippen molar-refractivity contribution in [1.29, 1.82) is 0 Å². The highest BCUT2D eigenvalue weighted by Crippen LogP contribution is 2.51. The molecular formula is C39H42N4O2S. The van der Waals surface area contributed by atoms with Gasteiger partial charge in [0.2, 0.25) is 5.91 Å². The van der Waals surface area contributed by atoms with Gasteiger partial charge in [-0.2, -0.15) is 0 Å². The minimum atomic E-state index is -0.695. The Morgan fingerprint density at radius 1 is 0.870 bits per heavy atom. The molecule has 1 fully saturated rings. The van der Waals surface area contributed by atoms with Gasteiger partial charge in [-0.25, -0.2) is 0 Å². The van der Waals surface area contributed by atoms with Crippen molar-refractivity contribution in [3.63, 3.8) is 0 Å². The molecule has 7 heteroatoms. The van der Waals surface area contributed by atoms with Crippen molar-refractivity contribution in [1.82, 2.24) is 15.1 Å². The Balaban J connectivity index is 1.01. The van der Waals surface area contributed by atoms with Crippen LogP contribution in [-0.2, 0) is 16.8 Å². The summed E-state index contributed by atoms with van der Waals surface area (Å²) in [7, 11) is 0. The first-order valence-electron chi connectivity index (χ1n) is 16.6. The Hall–Kier alpha value is -4.07. The summed E-state index contributed by atoms with van der Waals surface area (Å²) in [4.78, 5) is 36.7. The predicted molar refractivity (Wildman–Crippen MR) is 186 cm³/mol. The fraction of sp³-hybridized carbons (Fsp3) is 0.333. The Labute approximate surface area is 276 Å². The normalized spacial score (nSPS) is 17.7. The molecule has 0 bridgehead atoms. The second kappa shape index (κ2) is 13.0. The van der Waals surface area contributed by atoms with E-state index in [1.165, 1.54) is 9.79 Å². The largest absolute Gasteiger partial charge is 0.369 e. The molecule has 3 aliphatic heterocycles. The summed E-state index contributed by atoms with van der Waals surface area (Å²) in [5.41, 5.74) is 5.79. The average molecular weight is 631 g/mol. The quantitative estimate of drug-likeness (QED) is 0.218. The minimum Gasteiger partial charge on any atom is -0.369 e. The molecule has 4 aromatic rings. The number of carbonyl (C=O) groups excluding carboxylic acids is 2. The second-order valence-electron chi connectivity index (χ2n) is 12.7. The molecule has 1 saturated heterocycles. The summed E-state index contributed by atoms with van der Waals surface area (Å²) in [5, 5.41) is 3.19. The highest BCUT2D eigenvalue weighted by Gasteiger charge is 2.46. The fourth-order valence-corrected chi connectivity index (χ4v) is 8.78. The first-order valence-corrected chi connectivity index (χ1v) is 17.4. The van der Waals surface area contributed by atoms with Crippen LogP contribution >= 0.6 is 11.8 Å². The maximum absolute atomic E-state index is 14.0. The van der Waals surface area contributed by atoms with Crippen LogP contribution in [0.1, 0.15) is 65.3 Å². The summed E-state index contributed by atoms with van der Waals surface area (Å²) in [6.07, 6.45) is 1.69. The van der Waals surface area contributed by atoms with Gasteiger partial charge in [0.15, 0.2) is 0 Å². The van der Waals surface area contributed by atoms with Crippen molar-refractivity contribution in [3.8, 4) is 0 Å². The van der Waals surface area contributed by atoms with Crippen LogP contribution in [-0.4, -0.2) is 60.9 Å². The van der Waals surface area contributed by atoms with Gasteiger partial charge in [-0.1, -0.05) is 84.6 Å². The number of carbonyl (C=O) groups is 2. The van der Waals surface area contributed by atoms with Crippen molar-refractivity contribution in [2.45, 2.75) is 54.5 Å². The maximum atomic E-state index is 14.0. The standard InChI is InChI=1S/C39H42N4O2S/c1-3-40-38(45)39(33-14-7-9-16-35(33)46-36-17-10-8-15-34(36)39)20-11-21-41-22-24-42(25-23-41)31-19-18-30-27-43(37(44)32(30)26-31)28(2)29-12-5-4-6-13-29/h4-10,12-19,26,28H,3,11,20-25,27H2,1-2H3,(H,40,45). The molecule has 0 spiro atoms. The summed E-state index contributed by atoms with van der Waals surface area (Å²) >= 11 is 1.77. The van der Waals surface area contributed by atoms with E-state index in [0.717, 1.165) is 79.1 Å². The van der Waals surface area contributed by atoms with Gasteiger partial charge in [0.05, 0.1) is 6.04 Å². The monoisotopic (exact) mass is 630 g/mol. The molecule has 0 aromatic heterocycles. The molecule has 46 heavy (non-hydrogen) atoms. The van der Waals surface area contributed by atoms with Gasteiger partial charge >= 0.3 is 0 Å². The van der Waals surface area contributed by atoms with Crippen LogP contribution in [0.3, 0.4) is 0 Å². The number of hydrogen-bond acceptors (Lipinski definition) is 5. The molecule has 1 atom stereocenters. The van der Waals surface area contributed by atoms with Gasteiger partial charge in [-0.15, -0.1) is 0 Å². The van der Waals surface area contributed by atoms with Gasteiger partial charge in [0.1, 0.15) is 5.41 Å². The van der Waals surface area contributed by atoms with Crippen LogP contribution in [0.2, 0.25) is 0 Å². The summed E-state index contributed by atoms with van der Waals surface area (Å²) in [5.74, 6) is 0.222. The number of fused-ring (bicyclic) bond motifs is 3. The molecule has 6 nitrogen and oxygen atoms in total. The fourth-order valence-electron chi connectivity index (χ4n) is 7.55. The van der Waals surface area contributed by atoms with Crippen molar-refractivity contribution in [2.75, 3.05) is 44.2 Å². The maximum Gasteiger partial charge on any atom is 0.255 e. The molecule has 2 amide bonds. The molecule has 236 valence electrons. The number of amides is 2. The third-order valence-electron chi connectivity index (χ3n) is 10.1. The number of hydrogen-bond donors (Lipinski definition) is 1. The van der Waals surface area contributed by atoms with Crippen LogP contribution in [0, 0.1) is 0 Å². The molecule has 4 aromatic carbocycles. The summed E-state index contributed by atoms with van der Waals surface area (Å²) in [6.45, 7) is 10.1. The molecule has 0 aliphatic carbocycles. The number of likely N-dealkylation sites (N-methyl/N-ethyl adjacent to an activating group) is 1. The number of rotatable bonds is 9. The lowest BCUT2D eigenvalue weighted by Crippen LogP contribution is -2.49. The Morgan fingerprint density at radius 2 is 1.52 bits per heavy atom. The van der Waals surface area contributed by atoms with E-state index in [1.807, 2.05) is 30.0 Å². The van der Waals surface area contributed by atoms with Crippen molar-refractivity contribution >= 4 is 29.3 Å². The summed E-state index contributed by atoms with van der Waals surface area (Å²) < 4.78 is 0. The number of anilines is 1. The van der Waals surface area contributed by atoms with Crippen LogP contribution in [0.15, 0.2) is 107 Å². The van der Waals surface area contributed by atoms with Gasteiger partial charge in [-0.3, -0.25) is 14.5 Å². The molecule has 7 rings (SSSR count). The van der Waals surface area contributed by atoms with Crippen LogP contribution in [0.4, 0.5) is 5.69 Å². The van der Waals surface area contributed by atoms with Crippen LogP contribution < -0.4 is 10.2 Å². The van der Waals surface area contributed by atoms with Crippen LogP contribution in [0.5, 0.6) is 0 Å². The lowest BCUT2D eigenvalue weighted by atomic mass is 9.70. The van der Waals surface area contributed by atoms with E-state index in [4.69, 9.17) is 0 Å². The average Bonchev–Trinajstić information content (AvgIpc) is 3.43. The Kier molecular flexibility index (Phi) is 8.62. The lowest BCUT2D eigenvalue weighted by Gasteiger charge is -2.40. The van der Waals surface area contributed by atoms with Crippen LogP contribution in [0.25, 0.3) is 0 Å². The van der Waals surface area contributed by atoms with Gasteiger partial charge in [0.25, 0.3) is 5.91 Å². The lowest BCUT2D eigenvalue weighted by molar-refractivity contribution is -0.125. The molecule has 1 N–H and O–H groups in total.